The number of nitrogens with one attached hydrogen (secondary N) is 1. The first-order valence-electron chi connectivity index (χ1n) is 8.34. The summed E-state index contributed by atoms with van der Waals surface area (Å²) < 4.78 is 5.81. The summed E-state index contributed by atoms with van der Waals surface area (Å²) in [6.45, 7) is 1.93. The fourth-order valence-electron chi connectivity index (χ4n) is 2.70. The van der Waals surface area contributed by atoms with Crippen LogP contribution in [0, 0.1) is 6.92 Å². The SMILES string of the molecule is Cc1ccc(-c2nc3cc(NC(=O)c4ccc(Cl)c(Cl)c4)ccc3o2)cc1Cl. The van der Waals surface area contributed by atoms with E-state index in [1.807, 2.05) is 25.1 Å². The second-order valence-corrected chi connectivity index (χ2v) is 7.47. The van der Waals surface area contributed by atoms with Crippen LogP contribution >= 0.6 is 34.8 Å². The van der Waals surface area contributed by atoms with Gasteiger partial charge in [0.05, 0.1) is 10.0 Å². The Morgan fingerprint density at radius 3 is 2.50 bits per heavy atom. The summed E-state index contributed by atoms with van der Waals surface area (Å²) in [4.78, 5) is 16.9. The van der Waals surface area contributed by atoms with Gasteiger partial charge in [-0.25, -0.2) is 4.98 Å². The van der Waals surface area contributed by atoms with E-state index in [4.69, 9.17) is 39.2 Å². The molecule has 0 bridgehead atoms. The van der Waals surface area contributed by atoms with Crippen molar-refractivity contribution in [1.82, 2.24) is 4.98 Å². The second-order valence-electron chi connectivity index (χ2n) is 6.25. The molecule has 3 aromatic carbocycles. The van der Waals surface area contributed by atoms with Gasteiger partial charge in [0.25, 0.3) is 5.91 Å². The van der Waals surface area contributed by atoms with Gasteiger partial charge in [0.2, 0.25) is 5.89 Å². The molecular weight excluding hydrogens is 419 g/mol. The lowest BCUT2D eigenvalue weighted by Gasteiger charge is -2.06. The summed E-state index contributed by atoms with van der Waals surface area (Å²) in [6.07, 6.45) is 0. The molecule has 0 aliphatic heterocycles. The molecule has 140 valence electrons. The van der Waals surface area contributed by atoms with Crippen LogP contribution in [0.15, 0.2) is 59.0 Å². The first-order valence-corrected chi connectivity index (χ1v) is 9.47. The normalized spacial score (nSPS) is 11.0. The van der Waals surface area contributed by atoms with E-state index in [0.29, 0.717) is 43.3 Å². The third-order valence-electron chi connectivity index (χ3n) is 4.25. The van der Waals surface area contributed by atoms with E-state index < -0.39 is 0 Å². The molecule has 4 rings (SSSR count). The van der Waals surface area contributed by atoms with Gasteiger partial charge in [0.15, 0.2) is 5.58 Å². The molecule has 4 aromatic rings. The van der Waals surface area contributed by atoms with Gasteiger partial charge in [-0.15, -0.1) is 0 Å². The first-order chi connectivity index (χ1) is 13.4. The quantitative estimate of drug-likeness (QED) is 0.379. The highest BCUT2D eigenvalue weighted by atomic mass is 35.5. The predicted molar refractivity (Wildman–Crippen MR) is 114 cm³/mol. The van der Waals surface area contributed by atoms with Gasteiger partial charge in [0.1, 0.15) is 5.52 Å². The largest absolute Gasteiger partial charge is 0.436 e. The van der Waals surface area contributed by atoms with Crippen molar-refractivity contribution in [3.63, 3.8) is 0 Å². The molecule has 0 fully saturated rings. The van der Waals surface area contributed by atoms with Gasteiger partial charge >= 0.3 is 0 Å². The van der Waals surface area contributed by atoms with Crippen LogP contribution in [-0.2, 0) is 0 Å². The summed E-state index contributed by atoms with van der Waals surface area (Å²) >= 11 is 18.1. The third-order valence-corrected chi connectivity index (χ3v) is 5.39. The number of hydrogen-bond donors (Lipinski definition) is 1. The van der Waals surface area contributed by atoms with Gasteiger partial charge in [-0.05, 0) is 61.0 Å². The summed E-state index contributed by atoms with van der Waals surface area (Å²) in [5, 5.41) is 4.18. The number of nitrogens with zero attached hydrogens (tertiary/aromatic N) is 1. The highest BCUT2D eigenvalue weighted by Gasteiger charge is 2.12. The molecule has 0 atom stereocenters. The molecule has 4 nitrogen and oxygen atoms in total. The topological polar surface area (TPSA) is 55.1 Å². The van der Waals surface area contributed by atoms with E-state index in [0.717, 1.165) is 11.1 Å². The minimum atomic E-state index is -0.299. The molecule has 0 aliphatic rings. The van der Waals surface area contributed by atoms with Crippen molar-refractivity contribution in [3.05, 3.63) is 80.8 Å². The lowest BCUT2D eigenvalue weighted by Crippen LogP contribution is -2.11. The molecular formula is C21H13Cl3N2O2. The number of carbonyl (C=O) groups excluding carboxylic acids is 1. The Bertz CT molecular complexity index is 1220. The predicted octanol–water partition coefficient (Wildman–Crippen LogP) is 7.02. The summed E-state index contributed by atoms with van der Waals surface area (Å²) in [5.74, 6) is 0.164. The molecule has 0 saturated heterocycles. The lowest BCUT2D eigenvalue weighted by molar-refractivity contribution is 0.102. The Balaban J connectivity index is 1.61. The average Bonchev–Trinajstić information content (AvgIpc) is 3.09. The van der Waals surface area contributed by atoms with Crippen LogP contribution in [0.5, 0.6) is 0 Å². The van der Waals surface area contributed by atoms with Crippen LogP contribution in [0.4, 0.5) is 5.69 Å². The molecule has 1 N–H and O–H groups in total. The van der Waals surface area contributed by atoms with Crippen molar-refractivity contribution in [2.45, 2.75) is 6.92 Å². The highest BCUT2D eigenvalue weighted by molar-refractivity contribution is 6.42. The summed E-state index contributed by atoms with van der Waals surface area (Å²) in [5.41, 5.74) is 4.00. The number of oxazole rings is 1. The maximum atomic E-state index is 12.4. The smallest absolute Gasteiger partial charge is 0.255 e. The summed E-state index contributed by atoms with van der Waals surface area (Å²) in [6, 6.07) is 15.6. The number of anilines is 1. The van der Waals surface area contributed by atoms with Crippen LogP contribution in [-0.4, -0.2) is 10.9 Å². The Hall–Kier alpha value is -2.53. The molecule has 0 saturated carbocycles. The van der Waals surface area contributed by atoms with Gasteiger partial charge in [-0.1, -0.05) is 40.9 Å². The van der Waals surface area contributed by atoms with Crippen molar-refractivity contribution in [2.24, 2.45) is 0 Å². The highest BCUT2D eigenvalue weighted by Crippen LogP contribution is 2.29. The zero-order valence-electron chi connectivity index (χ0n) is 14.6. The van der Waals surface area contributed by atoms with E-state index in [9.17, 15) is 4.79 Å². The molecule has 0 unspecified atom stereocenters. The van der Waals surface area contributed by atoms with Crippen LogP contribution in [0.2, 0.25) is 15.1 Å². The number of rotatable bonds is 3. The van der Waals surface area contributed by atoms with Crippen LogP contribution in [0.25, 0.3) is 22.6 Å². The number of halogens is 3. The minimum Gasteiger partial charge on any atom is -0.436 e. The number of amides is 1. The molecule has 1 aromatic heterocycles. The maximum absolute atomic E-state index is 12.4. The van der Waals surface area contributed by atoms with Crippen molar-refractivity contribution in [2.75, 3.05) is 5.32 Å². The molecule has 1 heterocycles. The Labute approximate surface area is 176 Å². The van der Waals surface area contributed by atoms with E-state index >= 15 is 0 Å². The third kappa shape index (κ3) is 3.72. The zero-order valence-corrected chi connectivity index (χ0v) is 16.9. The number of carbonyl (C=O) groups is 1. The number of benzene rings is 3. The number of aryl methyl sites for hydroxylation is 1. The lowest BCUT2D eigenvalue weighted by atomic mass is 10.1. The van der Waals surface area contributed by atoms with Crippen LogP contribution in [0.1, 0.15) is 15.9 Å². The molecule has 1 amide bonds. The van der Waals surface area contributed by atoms with Gasteiger partial charge in [-0.2, -0.15) is 0 Å². The molecule has 0 spiro atoms. The van der Waals surface area contributed by atoms with Crippen molar-refractivity contribution >= 4 is 57.5 Å². The fourth-order valence-corrected chi connectivity index (χ4v) is 3.17. The minimum absolute atomic E-state index is 0.299. The number of fused-ring (bicyclic) bond motifs is 1. The van der Waals surface area contributed by atoms with Crippen molar-refractivity contribution in [3.8, 4) is 11.5 Å². The number of aromatic nitrogens is 1. The van der Waals surface area contributed by atoms with Gasteiger partial charge < -0.3 is 9.73 Å². The number of hydrogen-bond acceptors (Lipinski definition) is 3. The van der Waals surface area contributed by atoms with E-state index in [-0.39, 0.29) is 5.91 Å². The standard InChI is InChI=1S/C21H13Cl3N2O2/c1-11-2-3-13(9-16(11)23)21-26-18-10-14(5-7-19(18)28-21)25-20(27)12-4-6-15(22)17(24)8-12/h2-10H,1H3,(H,25,27). The zero-order chi connectivity index (χ0) is 19.8. The van der Waals surface area contributed by atoms with Crippen molar-refractivity contribution < 1.29 is 9.21 Å². The second kappa shape index (κ2) is 7.47. The molecule has 7 heteroatoms. The molecule has 28 heavy (non-hydrogen) atoms. The average molecular weight is 432 g/mol. The van der Waals surface area contributed by atoms with E-state index in [2.05, 4.69) is 10.3 Å². The fraction of sp³-hybridized carbons (Fsp3) is 0.0476. The van der Waals surface area contributed by atoms with E-state index in [1.54, 1.807) is 30.3 Å². The van der Waals surface area contributed by atoms with Crippen molar-refractivity contribution in [1.29, 1.82) is 0 Å². The monoisotopic (exact) mass is 430 g/mol. The van der Waals surface area contributed by atoms with E-state index in [1.165, 1.54) is 6.07 Å². The molecule has 0 aliphatic carbocycles. The van der Waals surface area contributed by atoms with Gasteiger partial charge in [0, 0.05) is 21.8 Å². The van der Waals surface area contributed by atoms with Crippen LogP contribution < -0.4 is 5.32 Å². The maximum Gasteiger partial charge on any atom is 0.255 e. The Morgan fingerprint density at radius 2 is 1.75 bits per heavy atom. The summed E-state index contributed by atoms with van der Waals surface area (Å²) in [7, 11) is 0. The molecule has 0 radical (unpaired) electrons. The Morgan fingerprint density at radius 1 is 0.929 bits per heavy atom. The first kappa shape index (κ1) is 18.8. The Kier molecular flexibility index (Phi) is 5.02. The van der Waals surface area contributed by atoms with Crippen LogP contribution in [0.3, 0.4) is 0 Å². The van der Waals surface area contributed by atoms with Gasteiger partial charge in [-0.3, -0.25) is 4.79 Å².